The molecule has 6 heteroatoms. The minimum Gasteiger partial charge on any atom is -0.494 e. The molecule has 21 heavy (non-hydrogen) atoms. The normalized spacial score (nSPS) is 12.3. The van der Waals surface area contributed by atoms with Crippen LogP contribution in [0.25, 0.3) is 0 Å². The third-order valence-corrected chi connectivity index (χ3v) is 4.02. The molecule has 0 aliphatic heterocycles. The van der Waals surface area contributed by atoms with Gasteiger partial charge in [-0.1, -0.05) is 36.9 Å². The Labute approximate surface area is 129 Å². The molecule has 0 saturated heterocycles. The molecule has 0 spiro atoms. The number of hydrazine groups is 1. The fourth-order valence-corrected chi connectivity index (χ4v) is 2.93. The van der Waals surface area contributed by atoms with Crippen molar-refractivity contribution >= 4 is 11.5 Å². The number of hydrogen-bond acceptors (Lipinski definition) is 6. The van der Waals surface area contributed by atoms with Crippen LogP contribution in [0.4, 0.5) is 0 Å². The summed E-state index contributed by atoms with van der Waals surface area (Å²) in [6.45, 7) is 4.96. The quantitative estimate of drug-likeness (QED) is 0.579. The van der Waals surface area contributed by atoms with Crippen LogP contribution in [0.15, 0.2) is 24.3 Å². The monoisotopic (exact) mass is 306 g/mol. The predicted octanol–water partition coefficient (Wildman–Crippen LogP) is 2.83. The first-order chi connectivity index (χ1) is 10.3. The summed E-state index contributed by atoms with van der Waals surface area (Å²) in [5, 5.41) is 4.21. The Balaban J connectivity index is 2.18. The zero-order valence-corrected chi connectivity index (χ0v) is 13.3. The molecule has 0 aliphatic rings. The van der Waals surface area contributed by atoms with Crippen molar-refractivity contribution in [2.24, 2.45) is 5.84 Å². The summed E-state index contributed by atoms with van der Waals surface area (Å²) in [4.78, 5) is 1.08. The highest BCUT2D eigenvalue weighted by molar-refractivity contribution is 7.05. The van der Waals surface area contributed by atoms with Gasteiger partial charge in [0.15, 0.2) is 0 Å². The number of aromatic nitrogens is 2. The molecule has 1 aromatic heterocycles. The van der Waals surface area contributed by atoms with E-state index in [1.807, 2.05) is 24.3 Å². The number of nitrogens with zero attached hydrogens (tertiary/aromatic N) is 2. The van der Waals surface area contributed by atoms with Crippen molar-refractivity contribution in [2.75, 3.05) is 6.61 Å². The summed E-state index contributed by atoms with van der Waals surface area (Å²) in [6, 6.07) is 7.94. The van der Waals surface area contributed by atoms with Gasteiger partial charge in [0.25, 0.3) is 0 Å². The largest absolute Gasteiger partial charge is 0.494 e. The molecule has 0 bridgehead atoms. The van der Waals surface area contributed by atoms with Crippen LogP contribution < -0.4 is 16.0 Å². The van der Waals surface area contributed by atoms with Gasteiger partial charge in [0, 0.05) is 0 Å². The van der Waals surface area contributed by atoms with Crippen LogP contribution in [0.2, 0.25) is 0 Å². The van der Waals surface area contributed by atoms with Crippen molar-refractivity contribution in [2.45, 2.75) is 39.2 Å². The van der Waals surface area contributed by atoms with E-state index in [2.05, 4.69) is 28.9 Å². The van der Waals surface area contributed by atoms with Gasteiger partial charge in [-0.2, -0.15) is 0 Å². The Morgan fingerprint density at radius 3 is 2.62 bits per heavy atom. The molecule has 5 nitrogen and oxygen atoms in total. The van der Waals surface area contributed by atoms with E-state index in [4.69, 9.17) is 10.6 Å². The van der Waals surface area contributed by atoms with E-state index in [0.717, 1.165) is 47.8 Å². The van der Waals surface area contributed by atoms with Gasteiger partial charge in [0.2, 0.25) is 0 Å². The second kappa shape index (κ2) is 8.07. The summed E-state index contributed by atoms with van der Waals surface area (Å²) in [7, 11) is 0. The number of aryl methyl sites for hydroxylation is 1. The number of ether oxygens (including phenoxy) is 1. The first kappa shape index (κ1) is 15.9. The first-order valence-corrected chi connectivity index (χ1v) is 8.07. The maximum atomic E-state index is 5.75. The Kier molecular flexibility index (Phi) is 6.10. The second-order valence-electron chi connectivity index (χ2n) is 4.85. The van der Waals surface area contributed by atoms with Crippen LogP contribution in [0, 0.1) is 0 Å². The molecule has 114 valence electrons. The Morgan fingerprint density at radius 1 is 1.24 bits per heavy atom. The van der Waals surface area contributed by atoms with Crippen molar-refractivity contribution in [1.82, 2.24) is 15.0 Å². The third kappa shape index (κ3) is 4.00. The Morgan fingerprint density at radius 2 is 2.00 bits per heavy atom. The second-order valence-corrected chi connectivity index (χ2v) is 5.64. The average Bonchev–Trinajstić information content (AvgIpc) is 2.96. The number of nitrogens with one attached hydrogen (secondary N) is 1. The summed E-state index contributed by atoms with van der Waals surface area (Å²) >= 11 is 1.40. The average molecular weight is 306 g/mol. The van der Waals surface area contributed by atoms with Gasteiger partial charge < -0.3 is 4.74 Å². The fraction of sp³-hybridized carbons (Fsp3) is 0.467. The molecule has 1 aromatic carbocycles. The maximum absolute atomic E-state index is 5.75. The van der Waals surface area contributed by atoms with Crippen LogP contribution in [-0.4, -0.2) is 16.2 Å². The van der Waals surface area contributed by atoms with Crippen LogP contribution in [-0.2, 0) is 6.42 Å². The van der Waals surface area contributed by atoms with E-state index in [1.165, 1.54) is 11.5 Å². The molecule has 0 radical (unpaired) electrons. The summed E-state index contributed by atoms with van der Waals surface area (Å²) < 4.78 is 9.67. The van der Waals surface area contributed by atoms with E-state index in [-0.39, 0.29) is 6.04 Å². The molecule has 0 fully saturated rings. The van der Waals surface area contributed by atoms with Gasteiger partial charge in [-0.25, -0.2) is 5.43 Å². The fourth-order valence-electron chi connectivity index (χ4n) is 2.14. The van der Waals surface area contributed by atoms with Gasteiger partial charge in [0.1, 0.15) is 5.75 Å². The molecule has 1 heterocycles. The van der Waals surface area contributed by atoms with E-state index < -0.39 is 0 Å². The SMILES string of the molecule is CCCOc1ccc(C(NN)c2snnc2CCC)cc1. The molecule has 0 saturated carbocycles. The van der Waals surface area contributed by atoms with Gasteiger partial charge in [-0.05, 0) is 42.1 Å². The van der Waals surface area contributed by atoms with E-state index >= 15 is 0 Å². The van der Waals surface area contributed by atoms with Crippen molar-refractivity contribution in [3.8, 4) is 5.75 Å². The number of rotatable bonds is 8. The Hall–Kier alpha value is -1.50. The molecule has 0 amide bonds. The topological polar surface area (TPSA) is 73.1 Å². The van der Waals surface area contributed by atoms with Gasteiger partial charge in [0.05, 0.1) is 23.2 Å². The van der Waals surface area contributed by atoms with Crippen LogP contribution in [0.1, 0.15) is 48.9 Å². The van der Waals surface area contributed by atoms with E-state index in [9.17, 15) is 0 Å². The number of hydrogen-bond donors (Lipinski definition) is 2. The van der Waals surface area contributed by atoms with E-state index in [1.54, 1.807) is 0 Å². The molecular weight excluding hydrogens is 284 g/mol. The molecule has 0 aliphatic carbocycles. The van der Waals surface area contributed by atoms with Crippen molar-refractivity contribution in [1.29, 1.82) is 0 Å². The van der Waals surface area contributed by atoms with Gasteiger partial charge in [-0.15, -0.1) is 5.10 Å². The number of benzene rings is 1. The van der Waals surface area contributed by atoms with Crippen molar-refractivity contribution in [3.05, 3.63) is 40.4 Å². The molecule has 2 aromatic rings. The van der Waals surface area contributed by atoms with Crippen LogP contribution in [0.3, 0.4) is 0 Å². The highest BCUT2D eigenvalue weighted by atomic mass is 32.1. The lowest BCUT2D eigenvalue weighted by molar-refractivity contribution is 0.317. The lowest BCUT2D eigenvalue weighted by Crippen LogP contribution is -2.28. The number of nitrogens with two attached hydrogens (primary N) is 1. The lowest BCUT2D eigenvalue weighted by Gasteiger charge is -2.16. The minimum atomic E-state index is -0.0771. The predicted molar refractivity (Wildman–Crippen MR) is 85.3 cm³/mol. The highest BCUT2D eigenvalue weighted by Gasteiger charge is 2.19. The minimum absolute atomic E-state index is 0.0771. The molecule has 2 rings (SSSR count). The standard InChI is InChI=1S/C15H22N4OS/c1-3-5-13-15(21-19-18-13)14(17-16)11-6-8-12(9-7-11)20-10-4-2/h6-9,14,17H,3-5,10,16H2,1-2H3. The maximum Gasteiger partial charge on any atom is 0.119 e. The third-order valence-electron chi connectivity index (χ3n) is 3.19. The van der Waals surface area contributed by atoms with Gasteiger partial charge in [-0.3, -0.25) is 5.84 Å². The van der Waals surface area contributed by atoms with Crippen LogP contribution in [0.5, 0.6) is 5.75 Å². The van der Waals surface area contributed by atoms with Crippen molar-refractivity contribution in [3.63, 3.8) is 0 Å². The van der Waals surface area contributed by atoms with Crippen molar-refractivity contribution < 1.29 is 4.74 Å². The zero-order chi connectivity index (χ0) is 15.1. The molecule has 1 atom stereocenters. The molecule has 1 unspecified atom stereocenters. The van der Waals surface area contributed by atoms with Crippen LogP contribution >= 0.6 is 11.5 Å². The highest BCUT2D eigenvalue weighted by Crippen LogP contribution is 2.28. The Bertz CT molecular complexity index is 541. The smallest absolute Gasteiger partial charge is 0.119 e. The summed E-state index contributed by atoms with van der Waals surface area (Å²) in [6.07, 6.45) is 2.96. The summed E-state index contributed by atoms with van der Waals surface area (Å²) in [5.41, 5.74) is 4.98. The van der Waals surface area contributed by atoms with Gasteiger partial charge >= 0.3 is 0 Å². The first-order valence-electron chi connectivity index (χ1n) is 7.30. The van der Waals surface area contributed by atoms with E-state index in [0.29, 0.717) is 0 Å². The lowest BCUT2D eigenvalue weighted by atomic mass is 10.0. The summed E-state index contributed by atoms with van der Waals surface area (Å²) in [5.74, 6) is 6.63. The molecular formula is C15H22N4OS. The molecule has 3 N–H and O–H groups in total. The zero-order valence-electron chi connectivity index (χ0n) is 12.5.